The van der Waals surface area contributed by atoms with E-state index in [0.29, 0.717) is 16.4 Å². The van der Waals surface area contributed by atoms with Crippen LogP contribution in [0.4, 0.5) is 5.69 Å². The first-order valence-electron chi connectivity index (χ1n) is 5.73. The fourth-order valence-corrected chi connectivity index (χ4v) is 2.33. The van der Waals surface area contributed by atoms with E-state index in [1.807, 2.05) is 0 Å². The van der Waals surface area contributed by atoms with E-state index in [9.17, 15) is 13.2 Å². The number of amides is 1. The summed E-state index contributed by atoms with van der Waals surface area (Å²) in [6.45, 7) is 3.08. The Balaban J connectivity index is 2.95. The van der Waals surface area contributed by atoms with Crippen molar-refractivity contribution < 1.29 is 13.2 Å². The van der Waals surface area contributed by atoms with Crippen LogP contribution < -0.4 is 9.73 Å². The first-order valence-corrected chi connectivity index (χ1v) is 7.96. The maximum Gasteiger partial charge on any atom is 0.260 e. The van der Waals surface area contributed by atoms with E-state index in [4.69, 9.17) is 11.6 Å². The van der Waals surface area contributed by atoms with E-state index in [1.165, 1.54) is 12.1 Å². The Kier molecular flexibility index (Phi) is 5.52. The normalized spacial score (nSPS) is 10.8. The summed E-state index contributed by atoms with van der Waals surface area (Å²) >= 11 is 5.76. The molecule has 0 aromatic heterocycles. The van der Waals surface area contributed by atoms with Crippen molar-refractivity contribution in [2.45, 2.75) is 13.8 Å². The van der Waals surface area contributed by atoms with E-state index < -0.39 is 15.9 Å². The average molecular weight is 318 g/mol. The third-order valence-electron chi connectivity index (χ3n) is 2.21. The van der Waals surface area contributed by atoms with Crippen LogP contribution in [0.15, 0.2) is 29.4 Å². The highest BCUT2D eigenvalue weighted by atomic mass is 35.5. The highest BCUT2D eigenvalue weighted by Crippen LogP contribution is 2.20. The Morgan fingerprint density at radius 3 is 2.30 bits per heavy atom. The van der Waals surface area contributed by atoms with Crippen molar-refractivity contribution >= 4 is 38.9 Å². The number of nitrogens with one attached hydrogen (secondary N) is 1. The van der Waals surface area contributed by atoms with Crippen molar-refractivity contribution in [3.63, 3.8) is 0 Å². The fraction of sp³-hybridized carbons (Fsp3) is 0.333. The van der Waals surface area contributed by atoms with Gasteiger partial charge in [0.1, 0.15) is 6.54 Å². The number of hydrazone groups is 1. The maximum absolute atomic E-state index is 11.8. The van der Waals surface area contributed by atoms with Crippen molar-refractivity contribution in [3.8, 4) is 0 Å². The molecule has 0 saturated heterocycles. The smallest absolute Gasteiger partial charge is 0.260 e. The monoisotopic (exact) mass is 317 g/mol. The molecular formula is C12H16ClN3O3S. The molecular weight excluding hydrogens is 302 g/mol. The first kappa shape index (κ1) is 16.5. The summed E-state index contributed by atoms with van der Waals surface area (Å²) < 4.78 is 24.5. The number of nitrogens with zero attached hydrogens (tertiary/aromatic N) is 2. The lowest BCUT2D eigenvalue weighted by molar-refractivity contribution is -0.119. The number of carbonyl (C=O) groups is 1. The summed E-state index contributed by atoms with van der Waals surface area (Å²) in [5, 5.41) is 4.23. The number of rotatable bonds is 5. The van der Waals surface area contributed by atoms with E-state index in [1.54, 1.807) is 26.0 Å². The van der Waals surface area contributed by atoms with Gasteiger partial charge >= 0.3 is 0 Å². The lowest BCUT2D eigenvalue weighted by atomic mass is 10.3. The molecule has 0 unspecified atom stereocenters. The molecule has 0 fully saturated rings. The third kappa shape index (κ3) is 5.18. The minimum absolute atomic E-state index is 0.350. The van der Waals surface area contributed by atoms with Crippen LogP contribution in [0.1, 0.15) is 13.8 Å². The molecule has 0 aliphatic heterocycles. The first-order chi connectivity index (χ1) is 9.20. The molecule has 1 aromatic carbocycles. The second-order valence-electron chi connectivity index (χ2n) is 4.34. The predicted octanol–water partition coefficient (Wildman–Crippen LogP) is 1.62. The molecule has 0 bridgehead atoms. The number of carbonyl (C=O) groups excluding carboxylic acids is 1. The molecule has 0 radical (unpaired) electrons. The SMILES string of the molecule is CC(C)=NNC(=O)CN(c1ccc(Cl)cc1)S(C)(=O)=O. The van der Waals surface area contributed by atoms with Crippen LogP contribution >= 0.6 is 11.6 Å². The van der Waals surface area contributed by atoms with Gasteiger partial charge in [-0.05, 0) is 38.1 Å². The molecule has 0 saturated carbocycles. The van der Waals surface area contributed by atoms with Gasteiger partial charge in [0.15, 0.2) is 0 Å². The molecule has 20 heavy (non-hydrogen) atoms. The number of benzene rings is 1. The minimum Gasteiger partial charge on any atom is -0.271 e. The van der Waals surface area contributed by atoms with E-state index in [2.05, 4.69) is 10.5 Å². The van der Waals surface area contributed by atoms with Crippen molar-refractivity contribution in [1.29, 1.82) is 0 Å². The van der Waals surface area contributed by atoms with E-state index in [0.717, 1.165) is 10.6 Å². The summed E-state index contributed by atoms with van der Waals surface area (Å²) in [7, 11) is -3.58. The van der Waals surface area contributed by atoms with Gasteiger partial charge in [-0.25, -0.2) is 13.8 Å². The zero-order valence-electron chi connectivity index (χ0n) is 11.4. The predicted molar refractivity (Wildman–Crippen MR) is 80.6 cm³/mol. The molecule has 8 heteroatoms. The van der Waals surface area contributed by atoms with Gasteiger partial charge in [0.25, 0.3) is 5.91 Å². The molecule has 1 rings (SSSR count). The van der Waals surface area contributed by atoms with Crippen LogP contribution in [0.25, 0.3) is 0 Å². The second-order valence-corrected chi connectivity index (χ2v) is 6.68. The zero-order chi connectivity index (χ0) is 15.3. The van der Waals surface area contributed by atoms with Crippen LogP contribution in [0.3, 0.4) is 0 Å². The van der Waals surface area contributed by atoms with Crippen molar-refractivity contribution in [3.05, 3.63) is 29.3 Å². The van der Waals surface area contributed by atoms with Gasteiger partial charge in [-0.3, -0.25) is 9.10 Å². The maximum atomic E-state index is 11.8. The van der Waals surface area contributed by atoms with Gasteiger partial charge in [-0.15, -0.1) is 0 Å². The summed E-state index contributed by atoms with van der Waals surface area (Å²) in [5.41, 5.74) is 3.31. The molecule has 1 amide bonds. The molecule has 0 heterocycles. The quantitative estimate of drug-likeness (QED) is 0.662. The standard InChI is InChI=1S/C12H16ClN3O3S/c1-9(2)14-15-12(17)8-16(20(3,18)19)11-6-4-10(13)5-7-11/h4-7H,8H2,1-3H3,(H,15,17). The fourth-order valence-electron chi connectivity index (χ4n) is 1.35. The van der Waals surface area contributed by atoms with Crippen LogP contribution in [0.5, 0.6) is 0 Å². The number of sulfonamides is 1. The Morgan fingerprint density at radius 1 is 1.30 bits per heavy atom. The third-order valence-corrected chi connectivity index (χ3v) is 3.60. The van der Waals surface area contributed by atoms with Crippen LogP contribution in [-0.4, -0.2) is 32.8 Å². The summed E-state index contributed by atoms with van der Waals surface area (Å²) in [4.78, 5) is 11.7. The Bertz CT molecular complexity index is 607. The number of halogens is 1. The summed E-state index contributed by atoms with van der Waals surface area (Å²) in [6.07, 6.45) is 1.03. The molecule has 110 valence electrons. The molecule has 0 aliphatic rings. The summed E-state index contributed by atoms with van der Waals surface area (Å²) in [6, 6.07) is 6.18. The molecule has 1 aromatic rings. The lowest BCUT2D eigenvalue weighted by Gasteiger charge is -2.21. The van der Waals surface area contributed by atoms with Gasteiger partial charge in [-0.2, -0.15) is 5.10 Å². The lowest BCUT2D eigenvalue weighted by Crippen LogP contribution is -2.39. The molecule has 0 aliphatic carbocycles. The second kappa shape index (κ2) is 6.71. The van der Waals surface area contributed by atoms with Gasteiger partial charge in [-0.1, -0.05) is 11.6 Å². The van der Waals surface area contributed by atoms with Gasteiger partial charge in [0, 0.05) is 10.7 Å². The van der Waals surface area contributed by atoms with Gasteiger partial charge in [0.05, 0.1) is 11.9 Å². The van der Waals surface area contributed by atoms with Crippen molar-refractivity contribution in [2.24, 2.45) is 5.10 Å². The average Bonchev–Trinajstić information content (AvgIpc) is 2.33. The zero-order valence-corrected chi connectivity index (χ0v) is 13.0. The van der Waals surface area contributed by atoms with Crippen LogP contribution in [0.2, 0.25) is 5.02 Å². The molecule has 0 spiro atoms. The van der Waals surface area contributed by atoms with Gasteiger partial charge in [0.2, 0.25) is 10.0 Å². The van der Waals surface area contributed by atoms with E-state index in [-0.39, 0.29) is 6.54 Å². The molecule has 0 atom stereocenters. The Labute approximate surface area is 123 Å². The topological polar surface area (TPSA) is 78.8 Å². The minimum atomic E-state index is -3.58. The van der Waals surface area contributed by atoms with Crippen molar-refractivity contribution in [1.82, 2.24) is 5.43 Å². The highest BCUT2D eigenvalue weighted by molar-refractivity contribution is 7.92. The number of hydrogen-bond donors (Lipinski definition) is 1. The van der Waals surface area contributed by atoms with Gasteiger partial charge < -0.3 is 0 Å². The van der Waals surface area contributed by atoms with Crippen LogP contribution in [0, 0.1) is 0 Å². The molecule has 6 nitrogen and oxygen atoms in total. The summed E-state index contributed by atoms with van der Waals surface area (Å²) in [5.74, 6) is -0.522. The molecule has 1 N–H and O–H groups in total. The van der Waals surface area contributed by atoms with Crippen LogP contribution in [-0.2, 0) is 14.8 Å². The highest BCUT2D eigenvalue weighted by Gasteiger charge is 2.20. The largest absolute Gasteiger partial charge is 0.271 e. The van der Waals surface area contributed by atoms with E-state index >= 15 is 0 Å². The Morgan fingerprint density at radius 2 is 1.85 bits per heavy atom. The van der Waals surface area contributed by atoms with Crippen molar-refractivity contribution in [2.75, 3.05) is 17.1 Å². The number of hydrogen-bond acceptors (Lipinski definition) is 4. The number of anilines is 1. The Hall–Kier alpha value is -1.60.